The third-order valence-electron chi connectivity index (χ3n) is 3.80. The van der Waals surface area contributed by atoms with Gasteiger partial charge in [0.15, 0.2) is 0 Å². The molecule has 1 atom stereocenters. The Bertz CT molecular complexity index is 572. The SMILES string of the molecule is CNc1cc(NC2CCN(Cc3ccccc3)C2)ncn1. The fraction of sp³-hybridized carbons (Fsp3) is 0.375. The van der Waals surface area contributed by atoms with E-state index in [0.717, 1.165) is 37.7 Å². The number of aromatic nitrogens is 2. The zero-order chi connectivity index (χ0) is 14.5. The largest absolute Gasteiger partial charge is 0.373 e. The summed E-state index contributed by atoms with van der Waals surface area (Å²) in [4.78, 5) is 10.9. The Labute approximate surface area is 125 Å². The zero-order valence-corrected chi connectivity index (χ0v) is 12.3. The molecular formula is C16H21N5. The van der Waals surface area contributed by atoms with Gasteiger partial charge in [-0.15, -0.1) is 0 Å². The molecule has 3 rings (SSSR count). The van der Waals surface area contributed by atoms with E-state index in [-0.39, 0.29) is 0 Å². The highest BCUT2D eigenvalue weighted by Crippen LogP contribution is 2.17. The summed E-state index contributed by atoms with van der Waals surface area (Å²) in [5.74, 6) is 1.73. The normalized spacial score (nSPS) is 18.6. The van der Waals surface area contributed by atoms with Crippen LogP contribution in [0.2, 0.25) is 0 Å². The molecule has 2 heterocycles. The van der Waals surface area contributed by atoms with E-state index in [0.29, 0.717) is 6.04 Å². The summed E-state index contributed by atoms with van der Waals surface area (Å²) in [6.45, 7) is 3.19. The van der Waals surface area contributed by atoms with Crippen LogP contribution in [0.3, 0.4) is 0 Å². The molecule has 5 heteroatoms. The van der Waals surface area contributed by atoms with Crippen LogP contribution in [0.4, 0.5) is 11.6 Å². The zero-order valence-electron chi connectivity index (χ0n) is 12.3. The van der Waals surface area contributed by atoms with Gasteiger partial charge in [0.2, 0.25) is 0 Å². The van der Waals surface area contributed by atoms with E-state index in [1.165, 1.54) is 5.56 Å². The van der Waals surface area contributed by atoms with E-state index in [2.05, 4.69) is 55.8 Å². The molecule has 0 aliphatic carbocycles. The second-order valence-electron chi connectivity index (χ2n) is 5.39. The number of hydrogen-bond acceptors (Lipinski definition) is 5. The van der Waals surface area contributed by atoms with Gasteiger partial charge in [-0.1, -0.05) is 30.3 Å². The highest BCUT2D eigenvalue weighted by molar-refractivity contribution is 5.46. The fourth-order valence-corrected chi connectivity index (χ4v) is 2.72. The van der Waals surface area contributed by atoms with Crippen LogP contribution in [0.15, 0.2) is 42.7 Å². The number of likely N-dealkylation sites (tertiary alicyclic amines) is 1. The van der Waals surface area contributed by atoms with Crippen molar-refractivity contribution in [2.24, 2.45) is 0 Å². The van der Waals surface area contributed by atoms with Gasteiger partial charge in [0.1, 0.15) is 18.0 Å². The summed E-state index contributed by atoms with van der Waals surface area (Å²) >= 11 is 0. The first-order valence-electron chi connectivity index (χ1n) is 7.36. The minimum atomic E-state index is 0.452. The molecule has 2 aromatic rings. The van der Waals surface area contributed by atoms with Crippen molar-refractivity contribution in [1.82, 2.24) is 14.9 Å². The lowest BCUT2D eigenvalue weighted by atomic mass is 10.2. The van der Waals surface area contributed by atoms with Crippen LogP contribution in [-0.4, -0.2) is 41.0 Å². The first kappa shape index (κ1) is 13.8. The number of nitrogens with zero attached hydrogens (tertiary/aromatic N) is 3. The van der Waals surface area contributed by atoms with Crippen molar-refractivity contribution in [3.8, 4) is 0 Å². The Balaban J connectivity index is 1.54. The van der Waals surface area contributed by atoms with Crippen molar-refractivity contribution in [1.29, 1.82) is 0 Å². The van der Waals surface area contributed by atoms with Crippen molar-refractivity contribution in [2.75, 3.05) is 30.8 Å². The molecule has 2 N–H and O–H groups in total. The van der Waals surface area contributed by atoms with Gasteiger partial charge in [-0.3, -0.25) is 4.90 Å². The van der Waals surface area contributed by atoms with Crippen LogP contribution >= 0.6 is 0 Å². The van der Waals surface area contributed by atoms with Gasteiger partial charge < -0.3 is 10.6 Å². The van der Waals surface area contributed by atoms with E-state index >= 15 is 0 Å². The van der Waals surface area contributed by atoms with Crippen molar-refractivity contribution in [3.05, 3.63) is 48.3 Å². The van der Waals surface area contributed by atoms with E-state index in [1.807, 2.05) is 13.1 Å². The fourth-order valence-electron chi connectivity index (χ4n) is 2.72. The maximum atomic E-state index is 4.28. The highest BCUT2D eigenvalue weighted by atomic mass is 15.2. The molecule has 0 bridgehead atoms. The first-order valence-corrected chi connectivity index (χ1v) is 7.36. The Hall–Kier alpha value is -2.14. The van der Waals surface area contributed by atoms with E-state index < -0.39 is 0 Å². The number of benzene rings is 1. The molecule has 5 nitrogen and oxygen atoms in total. The average Bonchev–Trinajstić information content (AvgIpc) is 2.95. The third kappa shape index (κ3) is 3.70. The number of rotatable bonds is 5. The second kappa shape index (κ2) is 6.54. The molecule has 21 heavy (non-hydrogen) atoms. The summed E-state index contributed by atoms with van der Waals surface area (Å²) in [5, 5.41) is 6.53. The maximum Gasteiger partial charge on any atom is 0.131 e. The van der Waals surface area contributed by atoms with Crippen LogP contribution in [0.5, 0.6) is 0 Å². The molecule has 0 spiro atoms. The minimum Gasteiger partial charge on any atom is -0.373 e. The van der Waals surface area contributed by atoms with E-state index in [1.54, 1.807) is 6.33 Å². The van der Waals surface area contributed by atoms with Crippen LogP contribution in [-0.2, 0) is 6.54 Å². The van der Waals surface area contributed by atoms with Crippen LogP contribution in [0, 0.1) is 0 Å². The third-order valence-corrected chi connectivity index (χ3v) is 3.80. The lowest BCUT2D eigenvalue weighted by Crippen LogP contribution is -2.26. The molecule has 1 aromatic heterocycles. The van der Waals surface area contributed by atoms with Gasteiger partial charge in [-0.25, -0.2) is 9.97 Å². The Morgan fingerprint density at radius 1 is 1.19 bits per heavy atom. The van der Waals surface area contributed by atoms with Gasteiger partial charge in [-0.05, 0) is 12.0 Å². The molecular weight excluding hydrogens is 262 g/mol. The maximum absolute atomic E-state index is 4.28. The van der Waals surface area contributed by atoms with Gasteiger partial charge in [0, 0.05) is 38.8 Å². The predicted molar refractivity (Wildman–Crippen MR) is 85.3 cm³/mol. The second-order valence-corrected chi connectivity index (χ2v) is 5.39. The summed E-state index contributed by atoms with van der Waals surface area (Å²) in [7, 11) is 1.86. The molecule has 1 aliphatic heterocycles. The monoisotopic (exact) mass is 283 g/mol. The molecule has 0 amide bonds. The lowest BCUT2D eigenvalue weighted by molar-refractivity contribution is 0.328. The standard InChI is InChI=1S/C16H21N5/c1-17-15-9-16(19-12-18-15)20-14-7-8-21(11-14)10-13-5-3-2-4-6-13/h2-6,9,12,14H,7-8,10-11H2,1H3,(H2,17,18,19,20). The van der Waals surface area contributed by atoms with Crippen LogP contribution < -0.4 is 10.6 Å². The van der Waals surface area contributed by atoms with E-state index in [9.17, 15) is 0 Å². The topological polar surface area (TPSA) is 53.1 Å². The Kier molecular flexibility index (Phi) is 4.31. The molecule has 0 radical (unpaired) electrons. The van der Waals surface area contributed by atoms with Crippen molar-refractivity contribution in [2.45, 2.75) is 19.0 Å². The summed E-state index contributed by atoms with van der Waals surface area (Å²) < 4.78 is 0. The van der Waals surface area contributed by atoms with Crippen LogP contribution in [0.25, 0.3) is 0 Å². The molecule has 1 aliphatic rings. The van der Waals surface area contributed by atoms with Gasteiger partial charge in [-0.2, -0.15) is 0 Å². The molecule has 1 unspecified atom stereocenters. The molecule has 110 valence electrons. The van der Waals surface area contributed by atoms with Gasteiger partial charge >= 0.3 is 0 Å². The van der Waals surface area contributed by atoms with E-state index in [4.69, 9.17) is 0 Å². The molecule has 1 aromatic carbocycles. The Morgan fingerprint density at radius 3 is 2.81 bits per heavy atom. The number of nitrogens with one attached hydrogen (secondary N) is 2. The number of hydrogen-bond donors (Lipinski definition) is 2. The lowest BCUT2D eigenvalue weighted by Gasteiger charge is -2.17. The molecule has 0 saturated carbocycles. The van der Waals surface area contributed by atoms with Gasteiger partial charge in [0.25, 0.3) is 0 Å². The highest BCUT2D eigenvalue weighted by Gasteiger charge is 2.22. The average molecular weight is 283 g/mol. The molecule has 1 saturated heterocycles. The quantitative estimate of drug-likeness (QED) is 0.881. The van der Waals surface area contributed by atoms with Gasteiger partial charge in [0.05, 0.1) is 0 Å². The summed E-state index contributed by atoms with van der Waals surface area (Å²) in [6, 6.07) is 13.0. The van der Waals surface area contributed by atoms with Crippen LogP contribution in [0.1, 0.15) is 12.0 Å². The summed E-state index contributed by atoms with van der Waals surface area (Å²) in [5.41, 5.74) is 1.37. The smallest absolute Gasteiger partial charge is 0.131 e. The minimum absolute atomic E-state index is 0.452. The van der Waals surface area contributed by atoms with Crippen molar-refractivity contribution < 1.29 is 0 Å². The predicted octanol–water partition coefficient (Wildman–Crippen LogP) is 2.20. The first-order chi connectivity index (χ1) is 10.3. The number of anilines is 2. The van der Waals surface area contributed by atoms with Crippen molar-refractivity contribution >= 4 is 11.6 Å². The summed E-state index contributed by atoms with van der Waals surface area (Å²) in [6.07, 6.45) is 2.73. The molecule has 1 fully saturated rings. The van der Waals surface area contributed by atoms with Crippen molar-refractivity contribution in [3.63, 3.8) is 0 Å². The Morgan fingerprint density at radius 2 is 2.00 bits per heavy atom.